The molecule has 0 aliphatic carbocycles. The number of benzene rings is 1. The van der Waals surface area contributed by atoms with Crippen LogP contribution in [0.1, 0.15) is 18.2 Å². The Labute approximate surface area is 160 Å². The topological polar surface area (TPSA) is 80.3 Å². The second-order valence-electron chi connectivity index (χ2n) is 6.13. The van der Waals surface area contributed by atoms with Crippen molar-refractivity contribution < 1.29 is 9.52 Å². The summed E-state index contributed by atoms with van der Waals surface area (Å²) in [5.41, 5.74) is -0.0339. The average Bonchev–Trinajstić information content (AvgIpc) is 3.14. The Morgan fingerprint density at radius 3 is 2.77 bits per heavy atom. The molecule has 6 nitrogen and oxygen atoms in total. The van der Waals surface area contributed by atoms with E-state index in [-0.39, 0.29) is 11.6 Å². The van der Waals surface area contributed by atoms with Crippen molar-refractivity contribution >= 4 is 28.9 Å². The van der Waals surface area contributed by atoms with Crippen molar-refractivity contribution in [2.45, 2.75) is 19.4 Å². The molecule has 0 amide bonds. The third-order valence-electron chi connectivity index (χ3n) is 3.99. The van der Waals surface area contributed by atoms with Gasteiger partial charge in [0.1, 0.15) is 16.4 Å². The van der Waals surface area contributed by atoms with Crippen LogP contribution in [0.3, 0.4) is 0 Å². The number of hydrogen-bond donors (Lipinski definition) is 2. The van der Waals surface area contributed by atoms with Crippen LogP contribution in [0.15, 0.2) is 52.0 Å². The molecule has 0 saturated carbocycles. The highest BCUT2D eigenvalue weighted by atomic mass is 35.5. The fourth-order valence-electron chi connectivity index (χ4n) is 2.39. The van der Waals surface area contributed by atoms with Crippen LogP contribution in [0.25, 0.3) is 5.69 Å². The monoisotopic (exact) mass is 393 g/mol. The van der Waals surface area contributed by atoms with E-state index in [1.165, 1.54) is 17.1 Å². The number of nitrogens with zero attached hydrogens (tertiary/aromatic N) is 2. The van der Waals surface area contributed by atoms with Crippen LogP contribution in [0.5, 0.6) is 0 Å². The second-order valence-corrected chi connectivity index (χ2v) is 6.91. The summed E-state index contributed by atoms with van der Waals surface area (Å²) in [6.45, 7) is 3.55. The van der Waals surface area contributed by atoms with Crippen LogP contribution in [0.2, 0.25) is 10.0 Å². The molecule has 3 aromatic rings. The van der Waals surface area contributed by atoms with Gasteiger partial charge in [-0.15, -0.1) is 0 Å². The molecule has 2 heterocycles. The van der Waals surface area contributed by atoms with Gasteiger partial charge in [-0.3, -0.25) is 4.79 Å². The Morgan fingerprint density at radius 2 is 2.12 bits per heavy atom. The maximum atomic E-state index is 12.5. The highest BCUT2D eigenvalue weighted by molar-refractivity contribution is 6.33. The molecular weight excluding hydrogens is 377 g/mol. The van der Waals surface area contributed by atoms with Crippen LogP contribution in [0, 0.1) is 6.92 Å². The SMILES string of the molecule is Cc1ccc(-n2ncc(NCC(C)(O)c3ccco3)c(Cl)c2=O)cc1Cl. The zero-order valence-electron chi connectivity index (χ0n) is 14.2. The van der Waals surface area contributed by atoms with Crippen LogP contribution in [-0.2, 0) is 5.60 Å². The minimum atomic E-state index is -1.27. The van der Waals surface area contributed by atoms with Gasteiger partial charge in [-0.25, -0.2) is 0 Å². The molecular formula is C18H17Cl2N3O3. The molecule has 1 atom stereocenters. The number of furan rings is 1. The highest BCUT2D eigenvalue weighted by Crippen LogP contribution is 2.24. The molecule has 0 radical (unpaired) electrons. The van der Waals surface area contributed by atoms with Gasteiger partial charge in [0.2, 0.25) is 0 Å². The number of aryl methyl sites for hydroxylation is 1. The molecule has 2 aromatic heterocycles. The summed E-state index contributed by atoms with van der Waals surface area (Å²) < 4.78 is 6.39. The van der Waals surface area contributed by atoms with Crippen LogP contribution in [-0.4, -0.2) is 21.4 Å². The minimum absolute atomic E-state index is 0.0352. The van der Waals surface area contributed by atoms with Gasteiger partial charge in [0.05, 0.1) is 30.4 Å². The predicted molar refractivity (Wildman–Crippen MR) is 101 cm³/mol. The van der Waals surface area contributed by atoms with Gasteiger partial charge < -0.3 is 14.8 Å². The van der Waals surface area contributed by atoms with Crippen molar-refractivity contribution in [3.8, 4) is 5.69 Å². The van der Waals surface area contributed by atoms with Crippen molar-refractivity contribution in [2.75, 3.05) is 11.9 Å². The lowest BCUT2D eigenvalue weighted by Crippen LogP contribution is -2.31. The van der Waals surface area contributed by atoms with Crippen LogP contribution >= 0.6 is 23.2 Å². The van der Waals surface area contributed by atoms with Crippen LogP contribution in [0.4, 0.5) is 5.69 Å². The normalized spacial score (nSPS) is 13.4. The smallest absolute Gasteiger partial charge is 0.292 e. The van der Waals surface area contributed by atoms with Gasteiger partial charge >= 0.3 is 0 Å². The van der Waals surface area contributed by atoms with E-state index in [4.69, 9.17) is 27.6 Å². The zero-order valence-corrected chi connectivity index (χ0v) is 15.7. The van der Waals surface area contributed by atoms with Crippen molar-refractivity contribution in [1.29, 1.82) is 0 Å². The molecule has 0 bridgehead atoms. The molecule has 0 aliphatic rings. The highest BCUT2D eigenvalue weighted by Gasteiger charge is 2.26. The summed E-state index contributed by atoms with van der Waals surface area (Å²) in [5, 5.41) is 18.0. The Balaban J connectivity index is 1.86. The quantitative estimate of drug-likeness (QED) is 0.689. The molecule has 136 valence electrons. The first-order valence-electron chi connectivity index (χ1n) is 7.84. The third-order valence-corrected chi connectivity index (χ3v) is 4.77. The summed E-state index contributed by atoms with van der Waals surface area (Å²) >= 11 is 12.3. The second kappa shape index (κ2) is 7.15. The molecule has 8 heteroatoms. The zero-order chi connectivity index (χ0) is 18.9. The molecule has 0 spiro atoms. The Hall–Kier alpha value is -2.28. The van der Waals surface area contributed by atoms with Crippen molar-refractivity contribution in [1.82, 2.24) is 9.78 Å². The van der Waals surface area contributed by atoms with E-state index >= 15 is 0 Å². The summed E-state index contributed by atoms with van der Waals surface area (Å²) in [7, 11) is 0. The minimum Gasteiger partial charge on any atom is -0.466 e. The largest absolute Gasteiger partial charge is 0.466 e. The van der Waals surface area contributed by atoms with E-state index in [2.05, 4.69) is 10.4 Å². The lowest BCUT2D eigenvalue weighted by molar-refractivity contribution is 0.0476. The molecule has 0 aliphatic heterocycles. The number of aromatic nitrogens is 2. The predicted octanol–water partition coefficient (Wildman–Crippen LogP) is 3.76. The van der Waals surface area contributed by atoms with Gasteiger partial charge in [0, 0.05) is 5.02 Å². The molecule has 1 aromatic carbocycles. The molecule has 3 rings (SSSR count). The third kappa shape index (κ3) is 3.62. The molecule has 26 heavy (non-hydrogen) atoms. The standard InChI is InChI=1S/C18H17Cl2N3O3/c1-11-5-6-12(8-13(11)19)23-17(24)16(20)14(9-22-23)21-10-18(2,25)15-4-3-7-26-15/h3-9,21,25H,10H2,1-2H3. The number of halogens is 2. The first-order chi connectivity index (χ1) is 12.3. The lowest BCUT2D eigenvalue weighted by atomic mass is 10.0. The Bertz CT molecular complexity index is 982. The van der Waals surface area contributed by atoms with Gasteiger partial charge in [-0.1, -0.05) is 29.3 Å². The average molecular weight is 394 g/mol. The molecule has 1 unspecified atom stereocenters. The van der Waals surface area contributed by atoms with Crippen molar-refractivity contribution in [3.63, 3.8) is 0 Å². The maximum Gasteiger partial charge on any atom is 0.292 e. The van der Waals surface area contributed by atoms with Gasteiger partial charge in [0.25, 0.3) is 5.56 Å². The number of hydrogen-bond acceptors (Lipinski definition) is 5. The number of aliphatic hydroxyl groups is 1. The fourth-order valence-corrected chi connectivity index (χ4v) is 2.76. The molecule has 0 saturated heterocycles. The van der Waals surface area contributed by atoms with E-state index in [1.54, 1.807) is 37.3 Å². The maximum absolute atomic E-state index is 12.5. The first kappa shape index (κ1) is 18.5. The first-order valence-corrected chi connectivity index (χ1v) is 8.60. The van der Waals surface area contributed by atoms with Gasteiger partial charge in [-0.2, -0.15) is 9.78 Å². The lowest BCUT2D eigenvalue weighted by Gasteiger charge is -2.22. The van der Waals surface area contributed by atoms with E-state index < -0.39 is 11.2 Å². The van der Waals surface area contributed by atoms with Gasteiger partial charge in [0.15, 0.2) is 0 Å². The van der Waals surface area contributed by atoms with Crippen molar-refractivity contribution in [2.24, 2.45) is 0 Å². The summed E-state index contributed by atoms with van der Waals surface area (Å²) in [6.07, 6.45) is 2.90. The fraction of sp³-hybridized carbons (Fsp3) is 0.222. The summed E-state index contributed by atoms with van der Waals surface area (Å²) in [6, 6.07) is 8.54. The van der Waals surface area contributed by atoms with E-state index in [0.717, 1.165) is 5.56 Å². The van der Waals surface area contributed by atoms with E-state index in [1.807, 2.05) is 6.92 Å². The number of anilines is 1. The van der Waals surface area contributed by atoms with E-state index in [0.29, 0.717) is 22.2 Å². The summed E-state index contributed by atoms with van der Waals surface area (Å²) in [5.74, 6) is 0.400. The summed E-state index contributed by atoms with van der Waals surface area (Å²) in [4.78, 5) is 12.5. The number of rotatable bonds is 5. The molecule has 0 fully saturated rings. The molecule has 2 N–H and O–H groups in total. The van der Waals surface area contributed by atoms with Crippen LogP contribution < -0.4 is 10.9 Å². The van der Waals surface area contributed by atoms with Crippen molar-refractivity contribution in [3.05, 3.63) is 74.5 Å². The number of nitrogens with one attached hydrogen (secondary N) is 1. The van der Waals surface area contributed by atoms with E-state index in [9.17, 15) is 9.90 Å². The Morgan fingerprint density at radius 1 is 1.35 bits per heavy atom. The van der Waals surface area contributed by atoms with Gasteiger partial charge in [-0.05, 0) is 43.7 Å². The Kier molecular flexibility index (Phi) is 5.09.